The van der Waals surface area contributed by atoms with E-state index in [0.29, 0.717) is 37.6 Å². The quantitative estimate of drug-likeness (QED) is 0.410. The number of hydrogen-bond acceptors (Lipinski definition) is 5. The van der Waals surface area contributed by atoms with E-state index in [0.717, 1.165) is 14.6 Å². The van der Waals surface area contributed by atoms with E-state index in [-0.39, 0.29) is 11.6 Å². The molecule has 0 spiro atoms. The Hall–Kier alpha value is -2.76. The summed E-state index contributed by atoms with van der Waals surface area (Å²) in [5.74, 6) is -0.977. The molecule has 1 fully saturated rings. The third-order valence-corrected chi connectivity index (χ3v) is 5.61. The Bertz CT molecular complexity index is 1260. The van der Waals surface area contributed by atoms with Crippen molar-refractivity contribution in [1.29, 1.82) is 0 Å². The fraction of sp³-hybridized carbons (Fsp3) is 0.200. The number of nitrogens with zero attached hydrogens (tertiary/aromatic N) is 5. The molecule has 0 saturated carbocycles. The Morgan fingerprint density at radius 2 is 1.39 bits per heavy atom. The van der Waals surface area contributed by atoms with Gasteiger partial charge in [-0.25, -0.2) is 14.8 Å². The van der Waals surface area contributed by atoms with E-state index < -0.39 is 5.97 Å². The van der Waals surface area contributed by atoms with Crippen LogP contribution in [0.1, 0.15) is 21.0 Å². The van der Waals surface area contributed by atoms with Gasteiger partial charge in [-0.05, 0) is 56.1 Å². The Labute approximate surface area is 193 Å². The second-order valence-electron chi connectivity index (χ2n) is 6.65. The Morgan fingerprint density at radius 1 is 0.871 bits per heavy atom. The minimum atomic E-state index is -0.981. The number of carbonyl (C=O) groups excluding carboxylic acids is 1. The van der Waals surface area contributed by atoms with Crippen LogP contribution in [0.3, 0.4) is 0 Å². The van der Waals surface area contributed by atoms with Crippen molar-refractivity contribution in [2.45, 2.75) is 0 Å². The first-order valence-electron chi connectivity index (χ1n) is 9.29. The van der Waals surface area contributed by atoms with Crippen molar-refractivity contribution < 1.29 is 19.4 Å². The Balaban J connectivity index is 0.000000158. The summed E-state index contributed by atoms with van der Waals surface area (Å²) in [5.41, 5.74) is 2.15. The van der Waals surface area contributed by atoms with Gasteiger partial charge in [0.25, 0.3) is 5.91 Å². The molecule has 1 aliphatic rings. The summed E-state index contributed by atoms with van der Waals surface area (Å²) in [4.78, 5) is 33.1. The number of carbonyl (C=O) groups is 2. The molecule has 9 nitrogen and oxygen atoms in total. The number of imidazole rings is 2. The first-order chi connectivity index (χ1) is 14.9. The highest BCUT2D eigenvalue weighted by Gasteiger charge is 2.21. The van der Waals surface area contributed by atoms with Crippen LogP contribution in [0.25, 0.3) is 11.3 Å². The first kappa shape index (κ1) is 21.5. The summed E-state index contributed by atoms with van der Waals surface area (Å²) >= 11 is 6.66. The topological polar surface area (TPSA) is 101 Å². The molecule has 0 atom stereocenters. The average Bonchev–Trinajstić information content (AvgIpc) is 3.38. The maximum absolute atomic E-state index is 12.4. The molecule has 4 aromatic heterocycles. The molecule has 0 radical (unpaired) electrons. The lowest BCUT2D eigenvalue weighted by atomic mass is 10.3. The van der Waals surface area contributed by atoms with E-state index in [1.165, 1.54) is 10.6 Å². The molecule has 0 bridgehead atoms. The molecule has 31 heavy (non-hydrogen) atoms. The zero-order chi connectivity index (χ0) is 22.0. The van der Waals surface area contributed by atoms with E-state index in [1.54, 1.807) is 23.4 Å². The molecule has 1 amide bonds. The number of rotatable bonds is 2. The summed E-state index contributed by atoms with van der Waals surface area (Å²) in [6.07, 6.45) is 6.49. The number of carboxylic acid groups (broad SMARTS) is 1. The lowest BCUT2D eigenvalue weighted by molar-refractivity contribution is 0.0298. The summed E-state index contributed by atoms with van der Waals surface area (Å²) in [5, 5.41) is 8.79. The molecule has 11 heteroatoms. The smallest absolute Gasteiger partial charge is 0.354 e. The Kier molecular flexibility index (Phi) is 6.35. The lowest BCUT2D eigenvalue weighted by Crippen LogP contribution is -2.41. The number of pyridine rings is 2. The average molecular weight is 551 g/mol. The zero-order valence-corrected chi connectivity index (χ0v) is 19.3. The van der Waals surface area contributed by atoms with Crippen LogP contribution in [-0.4, -0.2) is 67.0 Å². The third-order valence-electron chi connectivity index (χ3n) is 4.68. The van der Waals surface area contributed by atoms with Crippen LogP contribution in [0.4, 0.5) is 0 Å². The van der Waals surface area contributed by atoms with Gasteiger partial charge >= 0.3 is 5.97 Å². The zero-order valence-electron chi connectivity index (χ0n) is 16.1. The molecule has 160 valence electrons. The largest absolute Gasteiger partial charge is 0.477 e. The Morgan fingerprint density at radius 3 is 1.94 bits per heavy atom. The minimum absolute atomic E-state index is 0.00361. The molecule has 1 saturated heterocycles. The second-order valence-corrected chi connectivity index (χ2v) is 8.48. The molecule has 1 N–H and O–H groups in total. The van der Waals surface area contributed by atoms with Gasteiger partial charge < -0.3 is 14.7 Å². The third kappa shape index (κ3) is 4.63. The summed E-state index contributed by atoms with van der Waals surface area (Å²) in [7, 11) is 0. The van der Waals surface area contributed by atoms with Gasteiger partial charge in [0.15, 0.2) is 5.69 Å². The summed E-state index contributed by atoms with van der Waals surface area (Å²) in [6, 6.07) is 7.34. The molecule has 4 aromatic rings. The summed E-state index contributed by atoms with van der Waals surface area (Å²) in [6.45, 7) is 2.48. The number of aromatic nitrogens is 4. The molecule has 1 aliphatic heterocycles. The van der Waals surface area contributed by atoms with Crippen LogP contribution in [0.15, 0.2) is 58.0 Å². The predicted octanol–water partition coefficient (Wildman–Crippen LogP) is 3.36. The maximum Gasteiger partial charge on any atom is 0.354 e. The number of aromatic carboxylic acids is 1. The maximum atomic E-state index is 12.4. The van der Waals surface area contributed by atoms with E-state index in [9.17, 15) is 9.59 Å². The molecule has 0 unspecified atom stereocenters. The molecular formula is C20H17Br2N5O4. The van der Waals surface area contributed by atoms with Crippen LogP contribution in [0.2, 0.25) is 0 Å². The molecule has 0 aliphatic carbocycles. The van der Waals surface area contributed by atoms with Crippen molar-refractivity contribution in [3.05, 3.63) is 69.4 Å². The van der Waals surface area contributed by atoms with Gasteiger partial charge in [0, 0.05) is 34.4 Å². The van der Waals surface area contributed by atoms with Crippen molar-refractivity contribution in [2.75, 3.05) is 26.3 Å². The number of carboxylic acids is 1. The van der Waals surface area contributed by atoms with Gasteiger partial charge in [-0.2, -0.15) is 0 Å². The van der Waals surface area contributed by atoms with Gasteiger partial charge in [-0.3, -0.25) is 13.6 Å². The number of halogens is 2. The highest BCUT2D eigenvalue weighted by atomic mass is 79.9. The number of ether oxygens (including phenoxy) is 1. The van der Waals surface area contributed by atoms with Crippen molar-refractivity contribution in [1.82, 2.24) is 23.7 Å². The van der Waals surface area contributed by atoms with E-state index >= 15 is 0 Å². The monoisotopic (exact) mass is 549 g/mol. The fourth-order valence-electron chi connectivity index (χ4n) is 3.15. The second kappa shape index (κ2) is 9.16. The highest BCUT2D eigenvalue weighted by Crippen LogP contribution is 2.16. The van der Waals surface area contributed by atoms with Crippen LogP contribution in [0.5, 0.6) is 0 Å². The van der Waals surface area contributed by atoms with Gasteiger partial charge in [-0.1, -0.05) is 0 Å². The van der Waals surface area contributed by atoms with E-state index in [2.05, 4.69) is 41.8 Å². The normalized spacial score (nSPS) is 13.8. The molecule has 5 rings (SSSR count). The van der Waals surface area contributed by atoms with Crippen LogP contribution >= 0.6 is 31.9 Å². The van der Waals surface area contributed by atoms with Crippen molar-refractivity contribution in [3.63, 3.8) is 0 Å². The lowest BCUT2D eigenvalue weighted by Gasteiger charge is -2.26. The van der Waals surface area contributed by atoms with E-state index in [4.69, 9.17) is 9.84 Å². The highest BCUT2D eigenvalue weighted by molar-refractivity contribution is 9.10. The standard InChI is InChI=1S/C12H12BrN3O2.C8H5BrN2O2/c13-9-1-2-11-14-7-10(16(11)8-9)12(17)15-3-5-18-6-4-15;9-5-1-2-7-10-3-6(8(12)13)11(7)4-5/h1-2,7-8H,3-6H2;1-4H,(H,12,13). The van der Waals surface area contributed by atoms with Crippen LogP contribution in [0, 0.1) is 0 Å². The van der Waals surface area contributed by atoms with Crippen molar-refractivity contribution in [3.8, 4) is 0 Å². The number of fused-ring (bicyclic) bond motifs is 2. The molecule has 5 heterocycles. The van der Waals surface area contributed by atoms with Crippen molar-refractivity contribution in [2.24, 2.45) is 0 Å². The number of amides is 1. The number of morpholine rings is 1. The molecular weight excluding hydrogens is 534 g/mol. The van der Waals surface area contributed by atoms with Gasteiger partial charge in [0.2, 0.25) is 0 Å². The van der Waals surface area contributed by atoms with Gasteiger partial charge in [0.1, 0.15) is 17.0 Å². The van der Waals surface area contributed by atoms with Gasteiger partial charge in [-0.15, -0.1) is 0 Å². The van der Waals surface area contributed by atoms with Crippen LogP contribution in [-0.2, 0) is 4.74 Å². The van der Waals surface area contributed by atoms with Gasteiger partial charge in [0.05, 0.1) is 25.6 Å². The minimum Gasteiger partial charge on any atom is -0.477 e. The first-order valence-corrected chi connectivity index (χ1v) is 10.9. The van der Waals surface area contributed by atoms with Crippen molar-refractivity contribution >= 4 is 55.0 Å². The predicted molar refractivity (Wildman–Crippen MR) is 119 cm³/mol. The van der Waals surface area contributed by atoms with Crippen LogP contribution < -0.4 is 0 Å². The molecule has 0 aromatic carbocycles. The summed E-state index contributed by atoms with van der Waals surface area (Å²) < 4.78 is 10.3. The fourth-order valence-corrected chi connectivity index (χ4v) is 3.83. The SMILES string of the molecule is O=C(O)c1cnc2ccc(Br)cn12.O=C(c1cnc2ccc(Br)cn12)N1CCOCC1. The van der Waals surface area contributed by atoms with E-state index in [1.807, 2.05) is 28.8 Å². The number of hydrogen-bond donors (Lipinski definition) is 1.